The second kappa shape index (κ2) is 9.50. The zero-order valence-corrected chi connectivity index (χ0v) is 17.7. The Balaban J connectivity index is 0. The second-order valence-corrected chi connectivity index (χ2v) is 8.31. The first-order valence-electron chi connectivity index (χ1n) is 7.22. The predicted octanol–water partition coefficient (Wildman–Crippen LogP) is -0.343. The monoisotopic (exact) mass is 375 g/mol. The molecule has 4 heteroatoms. The Morgan fingerprint density at radius 1 is 0.909 bits per heavy atom. The van der Waals surface area contributed by atoms with E-state index in [-0.39, 0.29) is 35.9 Å². The number of hydrogen-bond donors (Lipinski definition) is 0. The minimum absolute atomic E-state index is 0. The van der Waals surface area contributed by atoms with Gasteiger partial charge in [0, 0.05) is 0 Å². The zero-order valence-electron chi connectivity index (χ0n) is 14.7. The van der Waals surface area contributed by atoms with Crippen molar-refractivity contribution < 1.29 is 45.2 Å². The van der Waals surface area contributed by atoms with Crippen LogP contribution in [0.2, 0.25) is 0 Å². The number of benzene rings is 1. The summed E-state index contributed by atoms with van der Waals surface area (Å²) in [4.78, 5) is 0. The molecule has 0 radical (unpaired) electrons. The molecule has 0 heterocycles. The standard InChI is InChI=1S/C10H9.C8H18N.2ClH.Ti/c1-8-6-9-4-2-3-5-10(9)7-8;1-7(2,3)9-8(4,5)6;;;/h2-7H,1H3;1-6H3;2*1H;/q;-1;;;+3/p-2. The van der Waals surface area contributed by atoms with Gasteiger partial charge >= 0.3 is 78.6 Å². The predicted molar refractivity (Wildman–Crippen MR) is 85.7 cm³/mol. The second-order valence-electron chi connectivity index (χ2n) is 7.40. The molecule has 1 unspecified atom stereocenters. The molecule has 0 N–H and O–H groups in total. The van der Waals surface area contributed by atoms with E-state index in [1.807, 2.05) is 0 Å². The molecule has 0 saturated heterocycles. The summed E-state index contributed by atoms with van der Waals surface area (Å²) in [6.07, 6.45) is 2.28. The van der Waals surface area contributed by atoms with Gasteiger partial charge in [0.2, 0.25) is 0 Å². The van der Waals surface area contributed by atoms with Crippen molar-refractivity contribution in [2.45, 2.75) is 63.8 Å². The molecular formula is C18H27Cl2NTi. The van der Waals surface area contributed by atoms with Crippen molar-refractivity contribution >= 4 is 6.08 Å². The normalized spacial score (nSPS) is 16.4. The molecule has 0 saturated carbocycles. The van der Waals surface area contributed by atoms with E-state index in [1.54, 1.807) is 0 Å². The Hall–Kier alpha value is 0.214. The fraction of sp³-hybridized carbons (Fsp3) is 0.556. The molecule has 1 aromatic carbocycles. The summed E-state index contributed by atoms with van der Waals surface area (Å²) >= 11 is 2.26. The van der Waals surface area contributed by atoms with E-state index in [0.717, 1.165) is 0 Å². The van der Waals surface area contributed by atoms with E-state index in [9.17, 15) is 0 Å². The van der Waals surface area contributed by atoms with Crippen LogP contribution >= 0.6 is 0 Å². The Morgan fingerprint density at radius 2 is 1.36 bits per heavy atom. The number of allylic oxidation sites excluding steroid dienone is 1. The van der Waals surface area contributed by atoms with Crippen LogP contribution in [0.15, 0.2) is 29.8 Å². The maximum atomic E-state index is 4.54. The van der Waals surface area contributed by atoms with Gasteiger partial charge in [-0.2, -0.15) is 0 Å². The molecule has 22 heavy (non-hydrogen) atoms. The average molecular weight is 376 g/mol. The van der Waals surface area contributed by atoms with Crippen molar-refractivity contribution in [2.75, 3.05) is 0 Å². The third kappa shape index (κ3) is 8.74. The molecule has 1 aromatic rings. The fourth-order valence-electron chi connectivity index (χ4n) is 2.49. The van der Waals surface area contributed by atoms with Gasteiger partial charge in [0.15, 0.2) is 0 Å². The van der Waals surface area contributed by atoms with Crippen LogP contribution in [0.4, 0.5) is 0 Å². The first-order chi connectivity index (χ1) is 8.99. The molecular weight excluding hydrogens is 349 g/mol. The van der Waals surface area contributed by atoms with Crippen LogP contribution in [0.1, 0.15) is 63.8 Å². The van der Waals surface area contributed by atoms with Gasteiger partial charge in [-0.15, -0.1) is 11.1 Å². The molecule has 122 valence electrons. The zero-order chi connectivity index (χ0) is 15.6. The van der Waals surface area contributed by atoms with Crippen LogP contribution in [0.3, 0.4) is 0 Å². The Labute approximate surface area is 161 Å². The van der Waals surface area contributed by atoms with E-state index in [1.165, 1.54) is 16.7 Å². The topological polar surface area (TPSA) is 14.1 Å². The number of halogens is 2. The minimum Gasteiger partial charge on any atom is -1.00 e. The Kier molecular flexibility index (Phi) is 10.6. The van der Waals surface area contributed by atoms with Crippen LogP contribution in [0, 0.1) is 0 Å². The Morgan fingerprint density at radius 3 is 1.73 bits per heavy atom. The third-order valence-corrected chi connectivity index (χ3v) is 4.01. The molecule has 1 aliphatic carbocycles. The molecule has 0 amide bonds. The number of fused-ring (bicyclic) bond motifs is 1. The van der Waals surface area contributed by atoms with Crippen molar-refractivity contribution in [1.29, 1.82) is 0 Å². The summed E-state index contributed by atoms with van der Waals surface area (Å²) in [5.74, 6) is 0. The van der Waals surface area contributed by atoms with Gasteiger partial charge in [-0.25, -0.2) is 0 Å². The first kappa shape index (κ1) is 24.5. The van der Waals surface area contributed by atoms with Gasteiger partial charge in [-0.1, -0.05) is 41.5 Å². The van der Waals surface area contributed by atoms with Crippen LogP contribution < -0.4 is 24.8 Å². The van der Waals surface area contributed by atoms with E-state index < -0.39 is 0 Å². The summed E-state index contributed by atoms with van der Waals surface area (Å²) in [5, 5.41) is 4.54. The van der Waals surface area contributed by atoms with Crippen molar-refractivity contribution in [1.82, 2.24) is 0 Å². The number of rotatable bonds is 0. The van der Waals surface area contributed by atoms with Gasteiger partial charge in [0.25, 0.3) is 0 Å². The first-order valence-corrected chi connectivity index (χ1v) is 8.12. The van der Waals surface area contributed by atoms with Crippen LogP contribution in [0.5, 0.6) is 0 Å². The summed E-state index contributed by atoms with van der Waals surface area (Å²) in [6, 6.07) is 8.61. The van der Waals surface area contributed by atoms with Gasteiger partial charge in [0.1, 0.15) is 0 Å². The minimum atomic E-state index is 0. The number of hydrogen-bond acceptors (Lipinski definition) is 0. The SMILES string of the molecule is CC(C)(C)[N-]C(C)(C)C.CC1=Cc2ccccc2[CH]1[Ti+3].[Cl-].[Cl-]. The molecule has 2 rings (SSSR count). The molecule has 0 fully saturated rings. The molecule has 1 atom stereocenters. The Bertz CT molecular complexity index is 473. The third-order valence-electron chi connectivity index (χ3n) is 2.82. The van der Waals surface area contributed by atoms with Crippen LogP contribution in [-0.2, 0) is 20.4 Å². The molecule has 0 aliphatic heterocycles. The van der Waals surface area contributed by atoms with Crippen molar-refractivity contribution in [3.05, 3.63) is 46.3 Å². The molecule has 0 spiro atoms. The van der Waals surface area contributed by atoms with E-state index >= 15 is 0 Å². The number of nitrogens with zero attached hydrogens (tertiary/aromatic N) is 1. The van der Waals surface area contributed by atoms with Crippen LogP contribution in [0.25, 0.3) is 11.4 Å². The maximum Gasteiger partial charge on any atom is -1.00 e. The quantitative estimate of drug-likeness (QED) is 0.550. The van der Waals surface area contributed by atoms with Gasteiger partial charge in [-0.05, 0) is 0 Å². The summed E-state index contributed by atoms with van der Waals surface area (Å²) in [6.45, 7) is 14.9. The average Bonchev–Trinajstić information content (AvgIpc) is 2.51. The van der Waals surface area contributed by atoms with Gasteiger partial charge in [0.05, 0.1) is 0 Å². The molecule has 1 nitrogen and oxygen atoms in total. The summed E-state index contributed by atoms with van der Waals surface area (Å²) in [7, 11) is 0. The fourth-order valence-corrected chi connectivity index (χ4v) is 3.03. The van der Waals surface area contributed by atoms with Gasteiger partial charge in [-0.3, -0.25) is 0 Å². The molecule has 1 aliphatic rings. The van der Waals surface area contributed by atoms with E-state index in [0.29, 0.717) is 4.22 Å². The molecule has 0 aromatic heterocycles. The largest absolute Gasteiger partial charge is 1.00 e. The summed E-state index contributed by atoms with van der Waals surface area (Å²) in [5.41, 5.74) is 4.57. The van der Waals surface area contributed by atoms with E-state index in [4.69, 9.17) is 0 Å². The van der Waals surface area contributed by atoms with Crippen LogP contribution in [-0.4, -0.2) is 11.1 Å². The summed E-state index contributed by atoms with van der Waals surface area (Å²) < 4.78 is 0.631. The van der Waals surface area contributed by atoms with Crippen molar-refractivity contribution in [3.63, 3.8) is 0 Å². The van der Waals surface area contributed by atoms with Crippen molar-refractivity contribution in [2.24, 2.45) is 0 Å². The van der Waals surface area contributed by atoms with Crippen molar-refractivity contribution in [3.8, 4) is 0 Å². The smallest absolute Gasteiger partial charge is 1.00 e. The van der Waals surface area contributed by atoms with E-state index in [2.05, 4.69) is 105 Å². The maximum absolute atomic E-state index is 4.54. The van der Waals surface area contributed by atoms with Gasteiger partial charge < -0.3 is 30.1 Å². The molecule has 0 bridgehead atoms.